The number of fused-ring (bicyclic) bond motifs is 4. The number of para-hydroxylation sites is 2. The Morgan fingerprint density at radius 1 is 0.339 bits per heavy atom. The standard InChI is InChI=1S/C56H37N3O2Si/c1-6-20-38(21-7-1)49-51-54(61-55(57-51)40-22-8-2-9-23-40)50(52-53(49)60-56(58-52)41-24-10-3-11-25-41)39-34-36-42(37-35-39)59-45-30-16-18-32-47(45)62(43-26-12-4-13-27-43,44-28-14-5-15-29-44)48-33-19-17-31-46(48)59/h1-37H/q-1. The van der Waals surface area contributed by atoms with E-state index in [0.29, 0.717) is 28.5 Å². The van der Waals surface area contributed by atoms with Crippen LogP contribution in [0.1, 0.15) is 0 Å². The Bertz CT molecular complexity index is 3200. The quantitative estimate of drug-likeness (QED) is 0.150. The molecule has 1 aliphatic heterocycles. The molecule has 0 radical (unpaired) electrons. The molecule has 0 N–H and O–H groups in total. The molecular formula is C56H37N3O2Si-. The SMILES string of the molecule is c1ccc(-c2nc3c(-c4ccc(N5c6ccccc6[Si-](c6ccccc6)(c6ccccc6)c6ccccc65)cc4)c4oc(-c5ccccc5)nc4c(-c4ccccc4)c3o2)cc1. The molecule has 293 valence electrons. The minimum absolute atomic E-state index is 0.539. The Hall–Kier alpha value is -8.06. The van der Waals surface area contributed by atoms with E-state index in [0.717, 1.165) is 44.6 Å². The van der Waals surface area contributed by atoms with Crippen molar-refractivity contribution in [1.82, 2.24) is 9.97 Å². The van der Waals surface area contributed by atoms with Crippen molar-refractivity contribution < 1.29 is 8.83 Å². The zero-order valence-corrected chi connectivity index (χ0v) is 34.5. The van der Waals surface area contributed by atoms with Crippen molar-refractivity contribution in [3.8, 4) is 45.2 Å². The Morgan fingerprint density at radius 3 is 1.13 bits per heavy atom. The molecule has 0 fully saturated rings. The van der Waals surface area contributed by atoms with Crippen LogP contribution in [0.15, 0.2) is 233 Å². The molecule has 0 unspecified atom stereocenters. The topological polar surface area (TPSA) is 55.3 Å². The van der Waals surface area contributed by atoms with Crippen LogP contribution in [0, 0.1) is 0 Å². The fourth-order valence-electron chi connectivity index (χ4n) is 9.55. The minimum Gasteiger partial charge on any atom is -0.435 e. The zero-order valence-electron chi connectivity index (χ0n) is 33.5. The summed E-state index contributed by atoms with van der Waals surface area (Å²) in [6.07, 6.45) is 0. The number of hydrogen-bond donors (Lipinski definition) is 0. The molecular weight excluding hydrogens is 775 g/mol. The largest absolute Gasteiger partial charge is 0.435 e. The maximum Gasteiger partial charge on any atom is 0.227 e. The summed E-state index contributed by atoms with van der Waals surface area (Å²) in [4.78, 5) is 12.9. The maximum absolute atomic E-state index is 6.87. The van der Waals surface area contributed by atoms with Crippen LogP contribution in [0.25, 0.3) is 67.4 Å². The summed E-state index contributed by atoms with van der Waals surface area (Å²) in [5, 5.41) is 5.42. The summed E-state index contributed by atoms with van der Waals surface area (Å²) in [7, 11) is -2.74. The van der Waals surface area contributed by atoms with Gasteiger partial charge in [-0.05, 0) is 67.7 Å². The van der Waals surface area contributed by atoms with Crippen LogP contribution >= 0.6 is 0 Å². The van der Waals surface area contributed by atoms with Crippen LogP contribution in [-0.4, -0.2) is 18.0 Å². The van der Waals surface area contributed by atoms with Crippen LogP contribution in [0.4, 0.5) is 17.1 Å². The molecule has 6 heteroatoms. The van der Waals surface area contributed by atoms with Gasteiger partial charge in [0, 0.05) is 28.2 Å². The van der Waals surface area contributed by atoms with Crippen LogP contribution in [0.2, 0.25) is 0 Å². The van der Waals surface area contributed by atoms with Crippen molar-refractivity contribution in [2.75, 3.05) is 4.90 Å². The number of aromatic nitrogens is 2. The molecule has 0 aliphatic carbocycles. The third-order valence-corrected chi connectivity index (χ3v) is 17.1. The molecule has 1 aliphatic rings. The molecule has 0 saturated carbocycles. The molecule has 0 amide bonds. The van der Waals surface area contributed by atoms with E-state index >= 15 is 0 Å². The van der Waals surface area contributed by atoms with Gasteiger partial charge in [0.2, 0.25) is 11.8 Å². The normalized spacial score (nSPS) is 12.9. The number of anilines is 3. The number of nitrogens with zero attached hydrogens (tertiary/aromatic N) is 3. The highest BCUT2D eigenvalue weighted by Gasteiger charge is 2.37. The lowest BCUT2D eigenvalue weighted by atomic mass is 9.96. The van der Waals surface area contributed by atoms with Gasteiger partial charge in [0.05, 0.1) is 11.1 Å². The molecule has 0 atom stereocenters. The van der Waals surface area contributed by atoms with Gasteiger partial charge >= 0.3 is 0 Å². The van der Waals surface area contributed by atoms with E-state index in [1.54, 1.807) is 0 Å². The average Bonchev–Trinajstić information content (AvgIpc) is 4.00. The predicted molar refractivity (Wildman–Crippen MR) is 255 cm³/mol. The van der Waals surface area contributed by atoms with E-state index in [1.165, 1.54) is 32.1 Å². The highest BCUT2D eigenvalue weighted by atomic mass is 28.3. The first-order valence-corrected chi connectivity index (χ1v) is 22.9. The van der Waals surface area contributed by atoms with Gasteiger partial charge in [0.1, 0.15) is 11.0 Å². The van der Waals surface area contributed by atoms with Crippen LogP contribution < -0.4 is 25.6 Å². The van der Waals surface area contributed by atoms with Crippen molar-refractivity contribution in [3.63, 3.8) is 0 Å². The lowest BCUT2D eigenvalue weighted by Gasteiger charge is -2.54. The van der Waals surface area contributed by atoms with Crippen LogP contribution in [0.5, 0.6) is 0 Å². The minimum atomic E-state index is -2.74. The second-order valence-corrected chi connectivity index (χ2v) is 19.4. The van der Waals surface area contributed by atoms with Gasteiger partial charge in [-0.3, -0.25) is 0 Å². The predicted octanol–water partition coefficient (Wildman–Crippen LogP) is 11.8. The molecule has 62 heavy (non-hydrogen) atoms. The summed E-state index contributed by atoms with van der Waals surface area (Å²) in [5.74, 6) is 1.08. The third kappa shape index (κ3) is 5.54. The number of benzene rings is 9. The van der Waals surface area contributed by atoms with Crippen molar-refractivity contribution in [2.45, 2.75) is 0 Å². The zero-order chi connectivity index (χ0) is 41.0. The van der Waals surface area contributed by atoms with Gasteiger partial charge in [-0.25, -0.2) is 9.97 Å². The van der Waals surface area contributed by atoms with Crippen molar-refractivity contribution in [3.05, 3.63) is 224 Å². The lowest BCUT2D eigenvalue weighted by molar-refractivity contribution is 0.619. The van der Waals surface area contributed by atoms with Gasteiger partial charge in [0.25, 0.3) is 0 Å². The van der Waals surface area contributed by atoms with Crippen LogP contribution in [0.3, 0.4) is 0 Å². The fourth-order valence-corrected chi connectivity index (χ4v) is 14.7. The molecule has 9 aromatic carbocycles. The molecule has 12 rings (SSSR count). The first-order chi connectivity index (χ1) is 30.8. The number of hydrogen-bond acceptors (Lipinski definition) is 5. The van der Waals surface area contributed by atoms with E-state index in [2.05, 4.69) is 150 Å². The summed E-state index contributed by atoms with van der Waals surface area (Å²) in [6.45, 7) is 0. The average molecular weight is 812 g/mol. The van der Waals surface area contributed by atoms with Gasteiger partial charge in [-0.1, -0.05) is 176 Å². The Labute approximate surface area is 359 Å². The smallest absolute Gasteiger partial charge is 0.227 e. The molecule has 0 bridgehead atoms. The van der Waals surface area contributed by atoms with E-state index in [9.17, 15) is 0 Å². The van der Waals surface area contributed by atoms with E-state index in [1.807, 2.05) is 78.9 Å². The second kappa shape index (κ2) is 14.6. The Kier molecular flexibility index (Phi) is 8.43. The van der Waals surface area contributed by atoms with Gasteiger partial charge in [-0.2, -0.15) is 10.4 Å². The molecule has 2 aromatic heterocycles. The van der Waals surface area contributed by atoms with Gasteiger partial charge in [0.15, 0.2) is 11.2 Å². The molecule has 0 saturated heterocycles. The van der Waals surface area contributed by atoms with Crippen molar-refractivity contribution in [1.29, 1.82) is 0 Å². The highest BCUT2D eigenvalue weighted by molar-refractivity contribution is 7.21. The van der Waals surface area contributed by atoms with Crippen molar-refractivity contribution >= 4 is 68.1 Å². The molecule has 5 nitrogen and oxygen atoms in total. The van der Waals surface area contributed by atoms with Crippen molar-refractivity contribution in [2.24, 2.45) is 0 Å². The van der Waals surface area contributed by atoms with Crippen LogP contribution in [-0.2, 0) is 0 Å². The summed E-state index contributed by atoms with van der Waals surface area (Å²) >= 11 is 0. The fraction of sp³-hybridized carbons (Fsp3) is 0. The summed E-state index contributed by atoms with van der Waals surface area (Å²) < 4.78 is 13.7. The highest BCUT2D eigenvalue weighted by Crippen LogP contribution is 2.47. The van der Waals surface area contributed by atoms with Gasteiger partial charge in [-0.15, -0.1) is 10.4 Å². The Balaban J connectivity index is 1.08. The van der Waals surface area contributed by atoms with E-state index < -0.39 is 8.07 Å². The second-order valence-electron chi connectivity index (χ2n) is 15.6. The van der Waals surface area contributed by atoms with E-state index in [4.69, 9.17) is 18.8 Å². The molecule has 3 heterocycles. The lowest BCUT2D eigenvalue weighted by Crippen LogP contribution is -2.77. The summed E-state index contributed by atoms with van der Waals surface area (Å²) in [5.41, 5.74) is 11.6. The van der Waals surface area contributed by atoms with E-state index in [-0.39, 0.29) is 0 Å². The molecule has 0 spiro atoms. The number of oxazole rings is 2. The number of rotatable bonds is 7. The first kappa shape index (κ1) is 35.8. The molecule has 11 aromatic rings. The Morgan fingerprint density at radius 2 is 0.694 bits per heavy atom. The monoisotopic (exact) mass is 811 g/mol. The summed E-state index contributed by atoms with van der Waals surface area (Å²) in [6, 6.07) is 79.4. The van der Waals surface area contributed by atoms with Gasteiger partial charge < -0.3 is 13.7 Å². The third-order valence-electron chi connectivity index (χ3n) is 12.2. The first-order valence-electron chi connectivity index (χ1n) is 20.9. The maximum atomic E-state index is 6.87.